The minimum atomic E-state index is -4.77. The minimum Gasteiger partial charge on any atom is -0.462 e. The summed E-state index contributed by atoms with van der Waals surface area (Å²) >= 11 is 0. The van der Waals surface area contributed by atoms with Gasteiger partial charge < -0.3 is 19.7 Å². The maximum absolute atomic E-state index is 14.2. The molecule has 0 spiro atoms. The number of rotatable bonds is 37. The lowest BCUT2D eigenvalue weighted by atomic mass is 10.1. The van der Waals surface area contributed by atoms with Crippen LogP contribution in [0.15, 0.2) is 5.11 Å². The molecule has 12 nitrogen and oxygen atoms in total. The first-order valence-corrected chi connectivity index (χ1v) is 22.5. The van der Waals surface area contributed by atoms with Gasteiger partial charge in [-0.25, -0.2) is 22.1 Å². The molecule has 0 aliphatic heterocycles. The lowest BCUT2D eigenvalue weighted by Crippen LogP contribution is -2.29. The molecule has 0 fully saturated rings. The Labute approximate surface area is 336 Å². The molecule has 0 bridgehead atoms. The van der Waals surface area contributed by atoms with E-state index in [0.717, 1.165) is 44.9 Å². The molecule has 0 aliphatic rings. The Kier molecular flexibility index (Phi) is 30.4. The zero-order valence-electron chi connectivity index (χ0n) is 34.2. The van der Waals surface area contributed by atoms with Crippen molar-refractivity contribution in [3.63, 3.8) is 0 Å². The predicted octanol–water partition coefficient (Wildman–Crippen LogP) is 12.3. The van der Waals surface area contributed by atoms with Crippen LogP contribution >= 0.6 is 7.82 Å². The van der Waals surface area contributed by atoms with Gasteiger partial charge in [0.25, 0.3) is 0 Å². The SMILES string of the molecule is CCCCCCCCCCCCCC(=O)OCC(COP(=O)(O)OCCNCc1c(F)c(F)c(N=[N+]=[N-])c(F)c1F)OC(=O)CCCCCCCCCCCCC. The van der Waals surface area contributed by atoms with Gasteiger partial charge in [0, 0.05) is 36.4 Å². The maximum atomic E-state index is 14.2. The standard InChI is InChI=1S/C40H67F4N4O8P/c1-3-5-7-9-11-13-15-17-19-21-23-25-34(49)53-30-32(56-35(50)26-24-22-20-18-16-14-12-10-8-6-4-2)31-55-57(51,52)54-28-27-46-29-33-36(41)38(43)40(47-48-45)39(44)37(33)42/h32,46H,3-31H2,1-2H3,(H,51,52). The van der Waals surface area contributed by atoms with Crippen molar-refractivity contribution in [2.24, 2.45) is 5.11 Å². The highest BCUT2D eigenvalue weighted by Gasteiger charge is 2.27. The average molecular weight is 839 g/mol. The molecular formula is C40H67F4N4O8P. The second-order valence-electron chi connectivity index (χ2n) is 14.4. The summed E-state index contributed by atoms with van der Waals surface area (Å²) in [5.41, 5.74) is 5.89. The fraction of sp³-hybridized carbons (Fsp3) is 0.800. The highest BCUT2D eigenvalue weighted by Crippen LogP contribution is 2.43. The van der Waals surface area contributed by atoms with E-state index in [1.54, 1.807) is 0 Å². The van der Waals surface area contributed by atoms with Gasteiger partial charge in [0.05, 0.1) is 13.2 Å². The summed E-state index contributed by atoms with van der Waals surface area (Å²) < 4.78 is 89.8. The van der Waals surface area contributed by atoms with Crippen molar-refractivity contribution < 1.29 is 55.1 Å². The number of nitrogens with zero attached hydrogens (tertiary/aromatic N) is 3. The molecule has 2 atom stereocenters. The molecule has 0 radical (unpaired) electrons. The van der Waals surface area contributed by atoms with E-state index in [1.807, 2.05) is 0 Å². The van der Waals surface area contributed by atoms with Gasteiger partial charge >= 0.3 is 19.8 Å². The number of benzene rings is 1. The average Bonchev–Trinajstić information content (AvgIpc) is 3.19. The lowest BCUT2D eigenvalue weighted by molar-refractivity contribution is -0.161. The number of halogens is 4. The first kappa shape index (κ1) is 52.3. The molecule has 0 aromatic heterocycles. The monoisotopic (exact) mass is 838 g/mol. The van der Waals surface area contributed by atoms with E-state index in [1.165, 1.54) is 83.5 Å². The number of hydrogen-bond acceptors (Lipinski definition) is 9. The number of carbonyl (C=O) groups excluding carboxylic acids is 2. The summed E-state index contributed by atoms with van der Waals surface area (Å²) in [5, 5.41) is 5.04. The molecule has 1 aromatic rings. The van der Waals surface area contributed by atoms with E-state index in [2.05, 4.69) is 29.2 Å². The van der Waals surface area contributed by atoms with E-state index in [9.17, 15) is 36.6 Å². The Morgan fingerprint density at radius 1 is 0.684 bits per heavy atom. The van der Waals surface area contributed by atoms with Gasteiger partial charge in [-0.05, 0) is 18.4 Å². The Balaban J connectivity index is 2.55. The molecular weight excluding hydrogens is 771 g/mol. The molecule has 0 saturated heterocycles. The number of nitrogens with one attached hydrogen (secondary N) is 1. The molecule has 0 aliphatic carbocycles. The van der Waals surface area contributed by atoms with Gasteiger partial charge in [-0.3, -0.25) is 18.6 Å². The van der Waals surface area contributed by atoms with Gasteiger partial charge in [-0.1, -0.05) is 147 Å². The van der Waals surface area contributed by atoms with Gasteiger partial charge in [-0.15, -0.1) is 0 Å². The van der Waals surface area contributed by atoms with Crippen LogP contribution in [0.1, 0.15) is 174 Å². The fourth-order valence-corrected chi connectivity index (χ4v) is 6.85. The van der Waals surface area contributed by atoms with Crippen LogP contribution in [0.4, 0.5) is 23.2 Å². The highest BCUT2D eigenvalue weighted by molar-refractivity contribution is 7.47. The zero-order valence-corrected chi connectivity index (χ0v) is 35.1. The van der Waals surface area contributed by atoms with Gasteiger partial charge in [0.2, 0.25) is 0 Å². The number of ether oxygens (including phenoxy) is 2. The topological polar surface area (TPSA) is 169 Å². The minimum absolute atomic E-state index is 0.114. The van der Waals surface area contributed by atoms with Crippen LogP contribution in [0.25, 0.3) is 10.4 Å². The Bertz CT molecular complexity index is 1340. The Hall–Kier alpha value is -2.74. The van der Waals surface area contributed by atoms with E-state index >= 15 is 0 Å². The first-order chi connectivity index (χ1) is 27.5. The lowest BCUT2D eigenvalue weighted by Gasteiger charge is -2.20. The largest absolute Gasteiger partial charge is 0.472 e. The molecule has 2 unspecified atom stereocenters. The van der Waals surface area contributed by atoms with Crippen molar-refractivity contribution in [1.82, 2.24) is 5.32 Å². The third-order valence-corrected chi connectivity index (χ3v) is 10.4. The Morgan fingerprint density at radius 3 is 1.58 bits per heavy atom. The van der Waals surface area contributed by atoms with Crippen LogP contribution in [-0.4, -0.2) is 49.3 Å². The third-order valence-electron chi connectivity index (χ3n) is 9.43. The van der Waals surface area contributed by atoms with Crippen molar-refractivity contribution in [2.75, 3.05) is 26.4 Å². The van der Waals surface area contributed by atoms with Crippen LogP contribution in [0.3, 0.4) is 0 Å². The molecule has 0 saturated carbocycles. The van der Waals surface area contributed by atoms with Crippen LogP contribution in [0.5, 0.6) is 0 Å². The van der Waals surface area contributed by atoms with E-state index in [0.29, 0.717) is 12.8 Å². The highest BCUT2D eigenvalue weighted by atomic mass is 31.2. The zero-order chi connectivity index (χ0) is 42.2. The second kappa shape index (κ2) is 33.1. The summed E-state index contributed by atoms with van der Waals surface area (Å²) in [4.78, 5) is 37.5. The number of esters is 2. The normalized spacial score (nSPS) is 12.9. The van der Waals surface area contributed by atoms with E-state index < -0.39 is 86.8 Å². The number of carbonyl (C=O) groups is 2. The second-order valence-corrected chi connectivity index (χ2v) is 15.9. The molecule has 17 heteroatoms. The number of unbranched alkanes of at least 4 members (excludes halogenated alkanes) is 20. The van der Waals surface area contributed by atoms with Crippen molar-refractivity contribution in [2.45, 2.75) is 181 Å². The molecule has 2 N–H and O–H groups in total. The van der Waals surface area contributed by atoms with Crippen molar-refractivity contribution >= 4 is 25.4 Å². The Morgan fingerprint density at radius 2 is 1.12 bits per heavy atom. The number of phosphoric ester groups is 1. The summed E-state index contributed by atoms with van der Waals surface area (Å²) in [5.74, 6) is -8.36. The molecule has 57 heavy (non-hydrogen) atoms. The molecule has 1 aromatic carbocycles. The first-order valence-electron chi connectivity index (χ1n) is 21.0. The fourth-order valence-electron chi connectivity index (χ4n) is 6.10. The van der Waals surface area contributed by atoms with Crippen molar-refractivity contribution in [3.8, 4) is 0 Å². The number of azide groups is 1. The molecule has 1 rings (SSSR count). The quantitative estimate of drug-likeness (QED) is 0.00967. The predicted molar refractivity (Wildman–Crippen MR) is 212 cm³/mol. The van der Waals surface area contributed by atoms with E-state index in [-0.39, 0.29) is 19.4 Å². The van der Waals surface area contributed by atoms with Gasteiger partial charge in [0.15, 0.2) is 29.4 Å². The van der Waals surface area contributed by atoms with Crippen molar-refractivity contribution in [1.29, 1.82) is 0 Å². The van der Waals surface area contributed by atoms with Crippen LogP contribution in [0, 0.1) is 23.3 Å². The van der Waals surface area contributed by atoms with Crippen LogP contribution in [0.2, 0.25) is 0 Å². The maximum Gasteiger partial charge on any atom is 0.472 e. The number of hydrogen-bond donors (Lipinski definition) is 2. The smallest absolute Gasteiger partial charge is 0.462 e. The van der Waals surface area contributed by atoms with Crippen molar-refractivity contribution in [3.05, 3.63) is 39.3 Å². The molecule has 0 amide bonds. The third kappa shape index (κ3) is 25.4. The summed E-state index contributed by atoms with van der Waals surface area (Å²) in [6.07, 6.45) is 23.7. The van der Waals surface area contributed by atoms with Crippen LogP contribution in [-0.2, 0) is 39.2 Å². The molecule has 328 valence electrons. The summed E-state index contributed by atoms with van der Waals surface area (Å²) in [6, 6.07) is 0. The van der Waals surface area contributed by atoms with E-state index in [4.69, 9.17) is 24.1 Å². The summed E-state index contributed by atoms with van der Waals surface area (Å²) in [7, 11) is -4.77. The van der Waals surface area contributed by atoms with Gasteiger partial charge in [-0.2, -0.15) is 0 Å². The van der Waals surface area contributed by atoms with Gasteiger partial charge in [0.1, 0.15) is 12.3 Å². The molecule has 0 heterocycles. The number of phosphoric acid groups is 1. The van der Waals surface area contributed by atoms with Crippen LogP contribution < -0.4 is 5.32 Å². The summed E-state index contributed by atoms with van der Waals surface area (Å²) in [6.45, 7) is 1.76.